The van der Waals surface area contributed by atoms with Crippen LogP contribution in [0, 0.1) is 6.92 Å². The number of aromatic nitrogens is 2. The van der Waals surface area contributed by atoms with E-state index < -0.39 is 0 Å². The van der Waals surface area contributed by atoms with Crippen molar-refractivity contribution in [3.8, 4) is 0 Å². The molecule has 0 spiro atoms. The summed E-state index contributed by atoms with van der Waals surface area (Å²) >= 11 is 0. The van der Waals surface area contributed by atoms with Crippen molar-refractivity contribution in [1.29, 1.82) is 0 Å². The lowest BCUT2D eigenvalue weighted by Crippen LogP contribution is -2.49. The minimum absolute atomic E-state index is 0.244. The lowest BCUT2D eigenvalue weighted by Gasteiger charge is -2.35. The topological polar surface area (TPSA) is 58.6 Å². The average Bonchev–Trinajstić information content (AvgIpc) is 2.59. The molecule has 0 atom stereocenters. The van der Waals surface area contributed by atoms with Crippen LogP contribution in [-0.2, 0) is 4.74 Å². The van der Waals surface area contributed by atoms with Crippen molar-refractivity contribution >= 4 is 22.9 Å². The fourth-order valence-electron chi connectivity index (χ4n) is 2.70. The van der Waals surface area contributed by atoms with E-state index in [0.717, 1.165) is 35.6 Å². The zero-order valence-electron chi connectivity index (χ0n) is 13.2. The van der Waals surface area contributed by atoms with Gasteiger partial charge in [0.15, 0.2) is 5.82 Å². The summed E-state index contributed by atoms with van der Waals surface area (Å²) in [6.07, 6.45) is 1.29. The number of piperazine rings is 1. The van der Waals surface area contributed by atoms with Gasteiger partial charge in [-0.05, 0) is 19.1 Å². The number of anilines is 1. The first-order valence-corrected chi connectivity index (χ1v) is 7.70. The lowest BCUT2D eigenvalue weighted by molar-refractivity contribution is 0.110. The van der Waals surface area contributed by atoms with E-state index in [9.17, 15) is 4.79 Å². The molecular formula is C17H20N4O2. The molecule has 1 aromatic heterocycles. The van der Waals surface area contributed by atoms with Gasteiger partial charge in [0.1, 0.15) is 6.61 Å². The Morgan fingerprint density at radius 1 is 1.22 bits per heavy atom. The van der Waals surface area contributed by atoms with Crippen molar-refractivity contribution in [3.05, 3.63) is 42.6 Å². The van der Waals surface area contributed by atoms with E-state index in [0.29, 0.717) is 13.1 Å². The summed E-state index contributed by atoms with van der Waals surface area (Å²) in [5.41, 5.74) is 2.70. The van der Waals surface area contributed by atoms with Gasteiger partial charge >= 0.3 is 6.09 Å². The van der Waals surface area contributed by atoms with Gasteiger partial charge in [0, 0.05) is 26.2 Å². The van der Waals surface area contributed by atoms with Crippen LogP contribution in [0.5, 0.6) is 0 Å². The second-order valence-corrected chi connectivity index (χ2v) is 5.46. The zero-order valence-corrected chi connectivity index (χ0v) is 13.2. The second-order valence-electron chi connectivity index (χ2n) is 5.46. The van der Waals surface area contributed by atoms with Gasteiger partial charge in [-0.15, -0.1) is 0 Å². The largest absolute Gasteiger partial charge is 0.445 e. The first-order chi connectivity index (χ1) is 11.2. The maximum atomic E-state index is 11.9. The van der Waals surface area contributed by atoms with Crippen LogP contribution in [0.3, 0.4) is 0 Å². The van der Waals surface area contributed by atoms with E-state index in [2.05, 4.69) is 16.5 Å². The van der Waals surface area contributed by atoms with Crippen LogP contribution in [-0.4, -0.2) is 53.7 Å². The zero-order chi connectivity index (χ0) is 16.2. The fraction of sp³-hybridized carbons (Fsp3) is 0.353. The molecule has 0 aliphatic carbocycles. The molecule has 0 saturated carbocycles. The highest BCUT2D eigenvalue weighted by atomic mass is 16.6. The van der Waals surface area contributed by atoms with Crippen molar-refractivity contribution in [3.63, 3.8) is 0 Å². The Balaban J connectivity index is 1.71. The van der Waals surface area contributed by atoms with Gasteiger partial charge < -0.3 is 14.5 Å². The van der Waals surface area contributed by atoms with Gasteiger partial charge in [0.05, 0.1) is 16.7 Å². The third-order valence-electron chi connectivity index (χ3n) is 3.88. The summed E-state index contributed by atoms with van der Waals surface area (Å²) in [5, 5.41) is 0. The molecule has 1 saturated heterocycles. The van der Waals surface area contributed by atoms with Crippen LogP contribution in [0.15, 0.2) is 36.9 Å². The maximum absolute atomic E-state index is 11.9. The Kier molecular flexibility index (Phi) is 4.41. The first-order valence-electron chi connectivity index (χ1n) is 7.70. The van der Waals surface area contributed by atoms with Gasteiger partial charge in [-0.25, -0.2) is 14.8 Å². The quantitative estimate of drug-likeness (QED) is 0.815. The number of aryl methyl sites for hydroxylation is 1. The number of carbonyl (C=O) groups excluding carboxylic acids is 1. The molecule has 2 aromatic rings. The molecule has 1 amide bonds. The number of hydrogen-bond acceptors (Lipinski definition) is 5. The van der Waals surface area contributed by atoms with Crippen LogP contribution < -0.4 is 4.90 Å². The van der Waals surface area contributed by atoms with Crippen LogP contribution in [0.25, 0.3) is 11.0 Å². The molecule has 3 rings (SSSR count). The standard InChI is InChI=1S/C17H20N4O2/c1-3-12-23-17(22)21-10-8-20(9-11-21)16-13(2)18-14-6-4-5-7-15(14)19-16/h3-7H,1,8-12H2,2H3. The summed E-state index contributed by atoms with van der Waals surface area (Å²) in [4.78, 5) is 25.1. The number of carbonyl (C=O) groups is 1. The molecule has 0 bridgehead atoms. The van der Waals surface area contributed by atoms with Gasteiger partial charge in [0.2, 0.25) is 0 Å². The number of ether oxygens (including phenoxy) is 1. The first kappa shape index (κ1) is 15.3. The van der Waals surface area contributed by atoms with E-state index in [1.807, 2.05) is 31.2 Å². The summed E-state index contributed by atoms with van der Waals surface area (Å²) in [7, 11) is 0. The fourth-order valence-corrected chi connectivity index (χ4v) is 2.70. The van der Waals surface area contributed by atoms with E-state index in [4.69, 9.17) is 9.72 Å². The number of nitrogens with zero attached hydrogens (tertiary/aromatic N) is 4. The maximum Gasteiger partial charge on any atom is 0.410 e. The van der Waals surface area contributed by atoms with Crippen molar-refractivity contribution in [2.75, 3.05) is 37.7 Å². The normalized spacial score (nSPS) is 14.8. The molecular weight excluding hydrogens is 292 g/mol. The number of rotatable bonds is 3. The number of para-hydroxylation sites is 2. The van der Waals surface area contributed by atoms with Crippen LogP contribution in [0.4, 0.5) is 10.6 Å². The molecule has 6 heteroatoms. The molecule has 6 nitrogen and oxygen atoms in total. The molecule has 0 unspecified atom stereocenters. The van der Waals surface area contributed by atoms with E-state index >= 15 is 0 Å². The van der Waals surface area contributed by atoms with Gasteiger partial charge in [-0.2, -0.15) is 0 Å². The Morgan fingerprint density at radius 3 is 2.52 bits per heavy atom. The van der Waals surface area contributed by atoms with Gasteiger partial charge in [0.25, 0.3) is 0 Å². The molecule has 0 N–H and O–H groups in total. The Bertz CT molecular complexity index is 724. The number of hydrogen-bond donors (Lipinski definition) is 0. The number of benzene rings is 1. The molecule has 1 fully saturated rings. The minimum atomic E-state index is -0.286. The van der Waals surface area contributed by atoms with Crippen molar-refractivity contribution in [2.45, 2.75) is 6.92 Å². The highest BCUT2D eigenvalue weighted by Gasteiger charge is 2.24. The molecule has 1 aliphatic rings. The Hall–Kier alpha value is -2.63. The van der Waals surface area contributed by atoms with Crippen LogP contribution in [0.2, 0.25) is 0 Å². The third-order valence-corrected chi connectivity index (χ3v) is 3.88. The van der Waals surface area contributed by atoms with Gasteiger partial charge in [-0.3, -0.25) is 0 Å². The SMILES string of the molecule is C=CCOC(=O)N1CCN(c2nc3ccccc3nc2C)CC1. The Labute approximate surface area is 135 Å². The lowest BCUT2D eigenvalue weighted by atomic mass is 10.2. The monoisotopic (exact) mass is 312 g/mol. The molecule has 120 valence electrons. The number of fused-ring (bicyclic) bond motifs is 1. The molecule has 1 aliphatic heterocycles. The van der Waals surface area contributed by atoms with Crippen molar-refractivity contribution in [2.24, 2.45) is 0 Å². The summed E-state index contributed by atoms with van der Waals surface area (Å²) in [6.45, 7) is 8.43. The third kappa shape index (κ3) is 3.26. The van der Waals surface area contributed by atoms with Gasteiger partial charge in [-0.1, -0.05) is 24.8 Å². The minimum Gasteiger partial charge on any atom is -0.445 e. The van der Waals surface area contributed by atoms with E-state index in [1.165, 1.54) is 0 Å². The second kappa shape index (κ2) is 6.64. The highest BCUT2D eigenvalue weighted by Crippen LogP contribution is 2.21. The van der Waals surface area contributed by atoms with Crippen molar-refractivity contribution in [1.82, 2.24) is 14.9 Å². The van der Waals surface area contributed by atoms with E-state index in [-0.39, 0.29) is 12.7 Å². The molecule has 23 heavy (non-hydrogen) atoms. The average molecular weight is 312 g/mol. The molecule has 0 radical (unpaired) electrons. The predicted octanol–water partition coefficient (Wildman–Crippen LogP) is 2.38. The molecule has 2 heterocycles. The molecule has 1 aromatic carbocycles. The summed E-state index contributed by atoms with van der Waals surface area (Å²) in [5.74, 6) is 0.891. The smallest absolute Gasteiger partial charge is 0.410 e. The summed E-state index contributed by atoms with van der Waals surface area (Å²) < 4.78 is 5.08. The predicted molar refractivity (Wildman–Crippen MR) is 89.6 cm³/mol. The van der Waals surface area contributed by atoms with Crippen LogP contribution in [0.1, 0.15) is 5.69 Å². The highest BCUT2D eigenvalue weighted by molar-refractivity contribution is 5.76. The Morgan fingerprint density at radius 2 is 1.87 bits per heavy atom. The number of amides is 1. The van der Waals surface area contributed by atoms with E-state index in [1.54, 1.807) is 11.0 Å². The van der Waals surface area contributed by atoms with Crippen molar-refractivity contribution < 1.29 is 9.53 Å². The van der Waals surface area contributed by atoms with Crippen LogP contribution >= 0.6 is 0 Å². The summed E-state index contributed by atoms with van der Waals surface area (Å²) in [6, 6.07) is 7.86.